The van der Waals surface area contributed by atoms with Gasteiger partial charge in [0, 0.05) is 19.2 Å². The first-order chi connectivity index (χ1) is 13.2. The third-order valence-corrected chi connectivity index (χ3v) is 5.84. The number of fused-ring (bicyclic) bond motifs is 1. The van der Waals surface area contributed by atoms with E-state index in [4.69, 9.17) is 0 Å². The fourth-order valence-corrected chi connectivity index (χ4v) is 4.41. The van der Waals surface area contributed by atoms with Crippen LogP contribution in [0.2, 0.25) is 0 Å². The van der Waals surface area contributed by atoms with Crippen molar-refractivity contribution in [3.8, 4) is 0 Å². The van der Waals surface area contributed by atoms with Crippen molar-refractivity contribution in [1.82, 2.24) is 20.5 Å². The second kappa shape index (κ2) is 8.04. The minimum atomic E-state index is -0.423. The molecule has 1 aromatic rings. The lowest BCUT2D eigenvalue weighted by Gasteiger charge is -2.32. The van der Waals surface area contributed by atoms with Crippen molar-refractivity contribution < 1.29 is 9.59 Å². The topological polar surface area (TPSA) is 77.0 Å². The molecule has 0 aliphatic carbocycles. The molecule has 7 nitrogen and oxygen atoms in total. The second-order valence-corrected chi connectivity index (χ2v) is 7.73. The number of likely N-dealkylation sites (tertiary alicyclic amines) is 1. The first-order valence-electron chi connectivity index (χ1n) is 9.33. The van der Waals surface area contributed by atoms with Crippen LogP contribution in [0.4, 0.5) is 0 Å². The minimum Gasteiger partial charge on any atom is -0.342 e. The normalized spacial score (nSPS) is 22.2. The smallest absolute Gasteiger partial charge is 0.249 e. The standard InChI is InChI=1S/C19H23N5O2S/c25-16-12-15(14-8-4-3-5-9-14)24-18(20-16)21-22-19(24)27-13-17(26)23-10-6-1-2-7-11-23/h3-5,8-9,12,18,21H,1-2,6-7,10-11,13H2,(H,20,25). The van der Waals surface area contributed by atoms with Gasteiger partial charge in [-0.3, -0.25) is 19.9 Å². The van der Waals surface area contributed by atoms with E-state index in [0.29, 0.717) is 10.9 Å². The molecule has 0 aromatic heterocycles. The summed E-state index contributed by atoms with van der Waals surface area (Å²) < 4.78 is 0. The van der Waals surface area contributed by atoms with Gasteiger partial charge >= 0.3 is 0 Å². The van der Waals surface area contributed by atoms with Gasteiger partial charge in [-0.05, 0) is 18.4 Å². The van der Waals surface area contributed by atoms with Crippen LogP contribution in [0.25, 0.3) is 5.70 Å². The number of nitrogens with zero attached hydrogens (tertiary/aromatic N) is 3. The van der Waals surface area contributed by atoms with Crippen molar-refractivity contribution >= 4 is 34.4 Å². The van der Waals surface area contributed by atoms with Crippen LogP contribution in [0.3, 0.4) is 0 Å². The summed E-state index contributed by atoms with van der Waals surface area (Å²) in [5.41, 5.74) is 4.67. The summed E-state index contributed by atoms with van der Waals surface area (Å²) in [5.74, 6) is 0.337. The lowest BCUT2D eigenvalue weighted by molar-refractivity contribution is -0.128. The number of thioether (sulfide) groups is 1. The molecule has 1 atom stereocenters. The highest BCUT2D eigenvalue weighted by molar-refractivity contribution is 8.14. The molecule has 3 heterocycles. The second-order valence-electron chi connectivity index (χ2n) is 6.78. The Bertz CT molecular complexity index is 772. The largest absolute Gasteiger partial charge is 0.342 e. The fraction of sp³-hybridized carbons (Fsp3) is 0.421. The van der Waals surface area contributed by atoms with Crippen molar-refractivity contribution in [2.75, 3.05) is 18.8 Å². The molecule has 4 rings (SSSR count). The number of amidine groups is 1. The molecule has 1 unspecified atom stereocenters. The van der Waals surface area contributed by atoms with E-state index in [-0.39, 0.29) is 11.8 Å². The summed E-state index contributed by atoms with van der Waals surface area (Å²) in [5, 5.41) is 7.89. The lowest BCUT2D eigenvalue weighted by Crippen LogP contribution is -2.54. The molecule has 0 spiro atoms. The van der Waals surface area contributed by atoms with Gasteiger partial charge in [0.05, 0.1) is 11.4 Å². The highest BCUT2D eigenvalue weighted by Gasteiger charge is 2.36. The predicted molar refractivity (Wildman–Crippen MR) is 106 cm³/mol. The van der Waals surface area contributed by atoms with Crippen molar-refractivity contribution in [2.45, 2.75) is 32.0 Å². The summed E-state index contributed by atoms with van der Waals surface area (Å²) >= 11 is 1.41. The number of hydrogen-bond donors (Lipinski definition) is 2. The molecule has 0 saturated carbocycles. The van der Waals surface area contributed by atoms with E-state index < -0.39 is 6.29 Å². The highest BCUT2D eigenvalue weighted by atomic mass is 32.2. The number of rotatable bonds is 3. The lowest BCUT2D eigenvalue weighted by atomic mass is 10.1. The number of carbonyl (C=O) groups excluding carboxylic acids is 2. The first kappa shape index (κ1) is 17.9. The fourth-order valence-electron chi connectivity index (χ4n) is 3.52. The van der Waals surface area contributed by atoms with Gasteiger partial charge in [0.15, 0.2) is 11.5 Å². The van der Waals surface area contributed by atoms with Crippen LogP contribution in [-0.4, -0.2) is 51.9 Å². The molecular weight excluding hydrogens is 362 g/mol. The molecule has 0 bridgehead atoms. The van der Waals surface area contributed by atoms with Gasteiger partial charge in [-0.2, -0.15) is 5.10 Å². The van der Waals surface area contributed by atoms with E-state index in [1.807, 2.05) is 40.1 Å². The monoisotopic (exact) mass is 385 g/mol. The Morgan fingerprint density at radius 2 is 1.89 bits per heavy atom. The molecule has 1 fully saturated rings. The van der Waals surface area contributed by atoms with Crippen LogP contribution < -0.4 is 10.7 Å². The average Bonchev–Trinajstić information content (AvgIpc) is 2.90. The van der Waals surface area contributed by atoms with Crippen LogP contribution in [0.5, 0.6) is 0 Å². The molecule has 27 heavy (non-hydrogen) atoms. The third kappa shape index (κ3) is 3.95. The molecule has 1 aromatic carbocycles. The Morgan fingerprint density at radius 3 is 2.63 bits per heavy atom. The number of nitrogens with one attached hydrogen (secondary N) is 2. The van der Waals surface area contributed by atoms with Crippen molar-refractivity contribution in [3.05, 3.63) is 42.0 Å². The summed E-state index contributed by atoms with van der Waals surface area (Å²) in [6.45, 7) is 1.70. The van der Waals surface area contributed by atoms with Crippen LogP contribution in [0.1, 0.15) is 31.2 Å². The summed E-state index contributed by atoms with van der Waals surface area (Å²) in [4.78, 5) is 28.5. The van der Waals surface area contributed by atoms with Gasteiger partial charge in [0.25, 0.3) is 0 Å². The summed E-state index contributed by atoms with van der Waals surface area (Å²) in [7, 11) is 0. The quantitative estimate of drug-likeness (QED) is 0.829. The molecule has 1 saturated heterocycles. The zero-order valence-corrected chi connectivity index (χ0v) is 15.9. The van der Waals surface area contributed by atoms with Gasteiger partial charge in [-0.25, -0.2) is 0 Å². The minimum absolute atomic E-state index is 0.152. The van der Waals surface area contributed by atoms with Crippen molar-refractivity contribution in [1.29, 1.82) is 0 Å². The number of carbonyl (C=O) groups is 2. The number of hydrazone groups is 1. The van der Waals surface area contributed by atoms with Gasteiger partial charge in [0.2, 0.25) is 11.8 Å². The Morgan fingerprint density at radius 1 is 1.15 bits per heavy atom. The Balaban J connectivity index is 1.46. The van der Waals surface area contributed by atoms with E-state index in [2.05, 4.69) is 15.8 Å². The van der Waals surface area contributed by atoms with Crippen LogP contribution in [0, 0.1) is 0 Å². The van der Waals surface area contributed by atoms with Crippen molar-refractivity contribution in [3.63, 3.8) is 0 Å². The van der Waals surface area contributed by atoms with Gasteiger partial charge < -0.3 is 10.2 Å². The van der Waals surface area contributed by atoms with E-state index in [1.165, 1.54) is 24.6 Å². The van der Waals surface area contributed by atoms with Crippen LogP contribution >= 0.6 is 11.8 Å². The van der Waals surface area contributed by atoms with Crippen LogP contribution in [-0.2, 0) is 9.59 Å². The zero-order chi connectivity index (χ0) is 18.6. The number of hydrogen-bond acceptors (Lipinski definition) is 6. The Hall–Kier alpha value is -2.48. The van der Waals surface area contributed by atoms with Gasteiger partial charge in [0.1, 0.15) is 0 Å². The maximum Gasteiger partial charge on any atom is 0.249 e. The van der Waals surface area contributed by atoms with Crippen LogP contribution in [0.15, 0.2) is 41.5 Å². The Kier molecular flexibility index (Phi) is 5.33. The van der Waals surface area contributed by atoms with Gasteiger partial charge in [-0.15, -0.1) is 0 Å². The molecule has 3 aliphatic heterocycles. The van der Waals surface area contributed by atoms with E-state index >= 15 is 0 Å². The molecule has 8 heteroatoms. The predicted octanol–water partition coefficient (Wildman–Crippen LogP) is 1.75. The molecule has 2 N–H and O–H groups in total. The molecule has 0 radical (unpaired) electrons. The van der Waals surface area contributed by atoms with Gasteiger partial charge in [-0.1, -0.05) is 54.9 Å². The Labute approximate surface area is 162 Å². The van der Waals surface area contributed by atoms with E-state index in [0.717, 1.165) is 37.2 Å². The molecule has 2 amide bonds. The molecular formula is C19H23N5O2S. The summed E-state index contributed by atoms with van der Waals surface area (Å²) in [6, 6.07) is 9.74. The average molecular weight is 385 g/mol. The molecule has 3 aliphatic rings. The van der Waals surface area contributed by atoms with E-state index in [1.54, 1.807) is 6.08 Å². The zero-order valence-electron chi connectivity index (χ0n) is 15.1. The number of benzene rings is 1. The van der Waals surface area contributed by atoms with E-state index in [9.17, 15) is 9.59 Å². The maximum absolute atomic E-state index is 12.6. The van der Waals surface area contributed by atoms with Crippen molar-refractivity contribution in [2.24, 2.45) is 5.10 Å². The third-order valence-electron chi connectivity index (χ3n) is 4.91. The molecule has 142 valence electrons. The first-order valence-corrected chi connectivity index (χ1v) is 10.3. The SMILES string of the molecule is O=C1C=C(c2ccccc2)N2C(SCC(=O)N3CCCCCC3)=NNC2N1. The summed E-state index contributed by atoms with van der Waals surface area (Å²) in [6.07, 6.45) is 5.72. The maximum atomic E-state index is 12.6. The highest BCUT2D eigenvalue weighted by Crippen LogP contribution is 2.29. The number of amides is 2.